The highest BCUT2D eigenvalue weighted by molar-refractivity contribution is 6.23. The summed E-state index contributed by atoms with van der Waals surface area (Å²) >= 11 is 6.07. The van der Waals surface area contributed by atoms with Crippen LogP contribution in [0.4, 0.5) is 0 Å². The van der Waals surface area contributed by atoms with Crippen LogP contribution in [0.3, 0.4) is 0 Å². The smallest absolute Gasteiger partial charge is 0.228 e. The molecule has 76 valence electrons. The van der Waals surface area contributed by atoms with Crippen molar-refractivity contribution in [2.75, 3.05) is 14.2 Å². The summed E-state index contributed by atoms with van der Waals surface area (Å²) < 4.78 is 10.4. The fourth-order valence-electron chi connectivity index (χ4n) is 1.69. The number of hydrogen-bond donors (Lipinski definition) is 1. The molecular weight excluding hydrogens is 194 g/mol. The molecule has 5 heteroatoms. The van der Waals surface area contributed by atoms with E-state index in [0.717, 1.165) is 12.8 Å². The van der Waals surface area contributed by atoms with E-state index in [9.17, 15) is 0 Å². The number of rotatable bonds is 2. The van der Waals surface area contributed by atoms with E-state index in [0.29, 0.717) is 12.1 Å². The Morgan fingerprint density at radius 1 is 1.54 bits per heavy atom. The van der Waals surface area contributed by atoms with Crippen LogP contribution in [0.1, 0.15) is 19.3 Å². The Morgan fingerprint density at radius 3 is 2.54 bits per heavy atom. The van der Waals surface area contributed by atoms with Crippen LogP contribution in [-0.2, 0) is 9.47 Å². The lowest BCUT2D eigenvalue weighted by Gasteiger charge is -2.38. The largest absolute Gasteiger partial charge is 0.411 e. The molecule has 0 aromatic rings. The standard InChI is InChI=1S/C8H14ClNO3/c1-12-8(13-2)6(9)4-3-5-7(8)10-11/h6,11H,3-5H2,1-2H3. The first kappa shape index (κ1) is 10.8. The van der Waals surface area contributed by atoms with Gasteiger partial charge in [0.05, 0.1) is 5.38 Å². The molecule has 1 aliphatic carbocycles. The van der Waals surface area contributed by atoms with Gasteiger partial charge in [-0.05, 0) is 19.3 Å². The lowest BCUT2D eigenvalue weighted by atomic mass is 9.91. The zero-order valence-electron chi connectivity index (χ0n) is 7.79. The third-order valence-electron chi connectivity index (χ3n) is 2.41. The first-order chi connectivity index (χ1) is 6.21. The van der Waals surface area contributed by atoms with E-state index in [2.05, 4.69) is 5.16 Å². The minimum Gasteiger partial charge on any atom is -0.411 e. The van der Waals surface area contributed by atoms with Crippen molar-refractivity contribution < 1.29 is 14.7 Å². The second-order valence-corrected chi connectivity index (χ2v) is 3.51. The minimum absolute atomic E-state index is 0.304. The van der Waals surface area contributed by atoms with Crippen molar-refractivity contribution >= 4 is 17.3 Å². The molecule has 0 amide bonds. The zero-order chi connectivity index (χ0) is 9.90. The van der Waals surface area contributed by atoms with Gasteiger partial charge in [0.15, 0.2) is 0 Å². The third kappa shape index (κ3) is 1.66. The van der Waals surface area contributed by atoms with Gasteiger partial charge in [-0.1, -0.05) is 5.16 Å². The Labute approximate surface area is 82.5 Å². The van der Waals surface area contributed by atoms with Crippen LogP contribution in [0.5, 0.6) is 0 Å². The highest BCUT2D eigenvalue weighted by Crippen LogP contribution is 2.33. The molecule has 1 atom stereocenters. The van der Waals surface area contributed by atoms with Gasteiger partial charge in [-0.25, -0.2) is 0 Å². The maximum atomic E-state index is 8.78. The molecule has 1 aliphatic rings. The van der Waals surface area contributed by atoms with Gasteiger partial charge < -0.3 is 14.7 Å². The molecule has 1 unspecified atom stereocenters. The normalized spacial score (nSPS) is 30.7. The van der Waals surface area contributed by atoms with Gasteiger partial charge in [0.25, 0.3) is 0 Å². The highest BCUT2D eigenvalue weighted by Gasteiger charge is 2.46. The van der Waals surface area contributed by atoms with Gasteiger partial charge in [-0.15, -0.1) is 11.6 Å². The van der Waals surface area contributed by atoms with E-state index >= 15 is 0 Å². The second kappa shape index (κ2) is 4.26. The second-order valence-electron chi connectivity index (χ2n) is 2.98. The Morgan fingerprint density at radius 2 is 2.15 bits per heavy atom. The first-order valence-corrected chi connectivity index (χ1v) is 4.60. The van der Waals surface area contributed by atoms with Crippen molar-refractivity contribution in [3.8, 4) is 0 Å². The zero-order valence-corrected chi connectivity index (χ0v) is 8.54. The summed E-state index contributed by atoms with van der Waals surface area (Å²) in [5, 5.41) is 11.6. The van der Waals surface area contributed by atoms with Gasteiger partial charge >= 0.3 is 0 Å². The van der Waals surface area contributed by atoms with Crippen molar-refractivity contribution in [2.45, 2.75) is 30.4 Å². The van der Waals surface area contributed by atoms with Crippen LogP contribution < -0.4 is 0 Å². The highest BCUT2D eigenvalue weighted by atomic mass is 35.5. The molecule has 13 heavy (non-hydrogen) atoms. The van der Waals surface area contributed by atoms with Crippen LogP contribution in [-0.4, -0.2) is 36.3 Å². The minimum atomic E-state index is -1.05. The van der Waals surface area contributed by atoms with Gasteiger partial charge in [-0.3, -0.25) is 0 Å². The Kier molecular flexibility index (Phi) is 3.53. The summed E-state index contributed by atoms with van der Waals surface area (Å²) in [7, 11) is 2.99. The number of methoxy groups -OCH3 is 2. The predicted octanol–water partition coefficient (Wildman–Crippen LogP) is 1.60. The molecule has 1 fully saturated rings. The Bertz CT molecular complexity index is 204. The van der Waals surface area contributed by atoms with E-state index in [-0.39, 0.29) is 5.38 Å². The fraction of sp³-hybridized carbons (Fsp3) is 0.875. The van der Waals surface area contributed by atoms with Crippen molar-refractivity contribution in [1.29, 1.82) is 0 Å². The van der Waals surface area contributed by atoms with E-state index in [1.54, 1.807) is 0 Å². The molecule has 0 spiro atoms. The SMILES string of the molecule is COC1(OC)C(=NO)CCCC1Cl. The molecule has 0 radical (unpaired) electrons. The Balaban J connectivity index is 2.95. The molecule has 1 saturated carbocycles. The monoisotopic (exact) mass is 207 g/mol. The van der Waals surface area contributed by atoms with Crippen LogP contribution in [0, 0.1) is 0 Å². The molecule has 0 aromatic carbocycles. The van der Waals surface area contributed by atoms with Gasteiger partial charge in [0.1, 0.15) is 5.71 Å². The lowest BCUT2D eigenvalue weighted by Crippen LogP contribution is -2.52. The number of halogens is 1. The summed E-state index contributed by atoms with van der Waals surface area (Å²) in [6.45, 7) is 0. The van der Waals surface area contributed by atoms with Crippen molar-refractivity contribution in [3.63, 3.8) is 0 Å². The van der Waals surface area contributed by atoms with Crippen LogP contribution in [0.15, 0.2) is 5.16 Å². The molecule has 0 bridgehead atoms. The summed E-state index contributed by atoms with van der Waals surface area (Å²) in [5.74, 6) is -1.05. The number of ether oxygens (including phenoxy) is 2. The summed E-state index contributed by atoms with van der Waals surface area (Å²) in [5.41, 5.74) is 0.462. The van der Waals surface area contributed by atoms with Gasteiger partial charge in [0.2, 0.25) is 5.79 Å². The first-order valence-electron chi connectivity index (χ1n) is 4.17. The molecule has 1 N–H and O–H groups in total. The Hall–Kier alpha value is -0.320. The average molecular weight is 208 g/mol. The van der Waals surface area contributed by atoms with E-state index in [1.807, 2.05) is 0 Å². The molecule has 0 saturated heterocycles. The number of hydrogen-bond acceptors (Lipinski definition) is 4. The number of alkyl halides is 1. The van der Waals surface area contributed by atoms with Crippen molar-refractivity contribution in [2.24, 2.45) is 5.16 Å². The maximum absolute atomic E-state index is 8.78. The average Bonchev–Trinajstić information content (AvgIpc) is 2.18. The molecule has 0 heterocycles. The van der Waals surface area contributed by atoms with Crippen LogP contribution in [0.25, 0.3) is 0 Å². The van der Waals surface area contributed by atoms with Crippen LogP contribution in [0.2, 0.25) is 0 Å². The van der Waals surface area contributed by atoms with Crippen molar-refractivity contribution in [3.05, 3.63) is 0 Å². The fourth-order valence-corrected chi connectivity index (χ4v) is 2.15. The lowest BCUT2D eigenvalue weighted by molar-refractivity contribution is -0.161. The molecule has 4 nitrogen and oxygen atoms in total. The molecule has 1 rings (SSSR count). The topological polar surface area (TPSA) is 51.0 Å². The molecule has 0 aromatic heterocycles. The van der Waals surface area contributed by atoms with Gasteiger partial charge in [-0.2, -0.15) is 0 Å². The summed E-state index contributed by atoms with van der Waals surface area (Å²) in [6.07, 6.45) is 2.34. The van der Waals surface area contributed by atoms with E-state index < -0.39 is 5.79 Å². The number of oxime groups is 1. The quantitative estimate of drug-likeness (QED) is 0.324. The van der Waals surface area contributed by atoms with Crippen molar-refractivity contribution in [1.82, 2.24) is 0 Å². The summed E-state index contributed by atoms with van der Waals surface area (Å²) in [4.78, 5) is 0. The maximum Gasteiger partial charge on any atom is 0.228 e. The molecular formula is C8H14ClNO3. The molecule has 0 aliphatic heterocycles. The number of nitrogens with zero attached hydrogens (tertiary/aromatic N) is 1. The van der Waals surface area contributed by atoms with Crippen LogP contribution >= 0.6 is 11.6 Å². The van der Waals surface area contributed by atoms with Gasteiger partial charge in [0, 0.05) is 14.2 Å². The predicted molar refractivity (Wildman–Crippen MR) is 49.5 cm³/mol. The summed E-state index contributed by atoms with van der Waals surface area (Å²) in [6, 6.07) is 0. The van der Waals surface area contributed by atoms with E-state index in [4.69, 9.17) is 26.3 Å². The third-order valence-corrected chi connectivity index (χ3v) is 2.92. The van der Waals surface area contributed by atoms with E-state index in [1.165, 1.54) is 14.2 Å².